The van der Waals surface area contributed by atoms with Crippen LogP contribution in [0.3, 0.4) is 0 Å². The number of hydrogen-bond donors (Lipinski definition) is 0. The fourth-order valence-electron chi connectivity index (χ4n) is 7.88. The van der Waals surface area contributed by atoms with Crippen LogP contribution in [0.5, 0.6) is 0 Å². The van der Waals surface area contributed by atoms with Crippen molar-refractivity contribution < 1.29 is 0 Å². The first-order valence-electron chi connectivity index (χ1n) is 16.0. The van der Waals surface area contributed by atoms with Gasteiger partial charge in [0.1, 0.15) is 0 Å². The number of fused-ring (bicyclic) bond motifs is 7. The molecule has 0 atom stereocenters. The van der Waals surface area contributed by atoms with Crippen LogP contribution >= 0.6 is 0 Å². The molecule has 0 spiro atoms. The molecule has 0 saturated heterocycles. The Labute approximate surface area is 259 Å². The van der Waals surface area contributed by atoms with Gasteiger partial charge in [-0.2, -0.15) is 0 Å². The molecule has 0 aliphatic heterocycles. The zero-order valence-electron chi connectivity index (χ0n) is 27.0. The number of nitrogens with zero attached hydrogens (tertiary/aromatic N) is 2. The second-order valence-corrected chi connectivity index (χ2v) is 15.3. The summed E-state index contributed by atoms with van der Waals surface area (Å²) in [6.07, 6.45) is 4.07. The minimum atomic E-state index is 0.113. The zero-order valence-corrected chi connectivity index (χ0v) is 27.0. The lowest BCUT2D eigenvalue weighted by Crippen LogP contribution is -2.11. The van der Waals surface area contributed by atoms with Crippen LogP contribution in [0.25, 0.3) is 70.9 Å². The molecule has 0 radical (unpaired) electrons. The van der Waals surface area contributed by atoms with Crippen molar-refractivity contribution in [3.8, 4) is 11.1 Å². The first-order valence-corrected chi connectivity index (χ1v) is 16.0. The normalized spacial score (nSPS) is 13.1. The molecule has 0 aliphatic rings. The highest BCUT2D eigenvalue weighted by Crippen LogP contribution is 2.49. The molecule has 3 heterocycles. The summed E-state index contributed by atoms with van der Waals surface area (Å²) in [7, 11) is 0. The first kappa shape index (κ1) is 27.1. The largest absolute Gasteiger partial charge is 0.308 e. The second kappa shape index (κ2) is 9.29. The maximum atomic E-state index is 5.19. The fourth-order valence-corrected chi connectivity index (χ4v) is 7.88. The van der Waals surface area contributed by atoms with Crippen LogP contribution in [0.1, 0.15) is 58.2 Å². The Morgan fingerprint density at radius 1 is 0.636 bits per heavy atom. The summed E-state index contributed by atoms with van der Waals surface area (Å²) < 4.78 is 2.58. The molecule has 2 heteroatoms. The molecule has 0 bridgehead atoms. The van der Waals surface area contributed by atoms with Crippen molar-refractivity contribution >= 4 is 59.8 Å². The fraction of sp³-hybridized carbons (Fsp3) is 0.262. The van der Waals surface area contributed by atoms with E-state index in [1.165, 1.54) is 82.1 Å². The van der Waals surface area contributed by atoms with Crippen LogP contribution in [0.4, 0.5) is 0 Å². The smallest absolute Gasteiger partial charge is 0.0823 e. The van der Waals surface area contributed by atoms with E-state index < -0.39 is 0 Å². The lowest BCUT2D eigenvalue weighted by Gasteiger charge is -2.25. The Hall–Kier alpha value is -4.43. The third-order valence-electron chi connectivity index (χ3n) is 9.35. The summed E-state index contributed by atoms with van der Waals surface area (Å²) in [5.74, 6) is 0. The zero-order chi connectivity index (χ0) is 30.5. The van der Waals surface area contributed by atoms with Crippen molar-refractivity contribution in [2.75, 3.05) is 0 Å². The van der Waals surface area contributed by atoms with E-state index >= 15 is 0 Å². The van der Waals surface area contributed by atoms with Crippen molar-refractivity contribution in [1.82, 2.24) is 9.38 Å². The van der Waals surface area contributed by atoms with Gasteiger partial charge < -0.3 is 4.40 Å². The summed E-state index contributed by atoms with van der Waals surface area (Å²) in [6.45, 7) is 16.3. The Bertz CT molecular complexity index is 2390. The molecule has 0 unspecified atom stereocenters. The van der Waals surface area contributed by atoms with Crippen molar-refractivity contribution in [2.24, 2.45) is 10.8 Å². The number of para-hydroxylation sites is 1. The molecule has 5 aromatic carbocycles. The van der Waals surface area contributed by atoms with Crippen molar-refractivity contribution in [3.63, 3.8) is 0 Å². The number of benzene rings is 5. The van der Waals surface area contributed by atoms with Crippen LogP contribution in [0.15, 0.2) is 91.1 Å². The summed E-state index contributed by atoms with van der Waals surface area (Å²) in [4.78, 5) is 5.19. The van der Waals surface area contributed by atoms with E-state index in [1.807, 2.05) is 6.20 Å². The van der Waals surface area contributed by atoms with E-state index in [2.05, 4.69) is 138 Å². The van der Waals surface area contributed by atoms with Crippen molar-refractivity contribution in [2.45, 2.75) is 61.3 Å². The van der Waals surface area contributed by atoms with E-state index in [9.17, 15) is 0 Å². The lowest BCUT2D eigenvalue weighted by molar-refractivity contribution is 0.411. The van der Waals surface area contributed by atoms with Crippen LogP contribution < -0.4 is 0 Å². The molecule has 0 fully saturated rings. The van der Waals surface area contributed by atoms with Gasteiger partial charge in [0.05, 0.1) is 22.1 Å². The predicted molar refractivity (Wildman–Crippen MR) is 190 cm³/mol. The molecule has 2 nitrogen and oxygen atoms in total. The number of aromatic nitrogens is 2. The number of pyridine rings is 2. The summed E-state index contributed by atoms with van der Waals surface area (Å²) >= 11 is 0. The minimum Gasteiger partial charge on any atom is -0.308 e. The Morgan fingerprint density at radius 2 is 1.36 bits per heavy atom. The number of hydrogen-bond acceptors (Lipinski definition) is 1. The first-order chi connectivity index (χ1) is 21.0. The average molecular weight is 573 g/mol. The molecule has 0 amide bonds. The third kappa shape index (κ3) is 4.04. The molecule has 8 aromatic rings. The van der Waals surface area contributed by atoms with Gasteiger partial charge in [0, 0.05) is 27.7 Å². The maximum Gasteiger partial charge on any atom is 0.0823 e. The van der Waals surface area contributed by atoms with Gasteiger partial charge in [0.2, 0.25) is 0 Å². The molecular formula is C42H40N2. The quantitative estimate of drug-likeness (QED) is 0.152. The standard InChI is InChI=1S/C42H40N2/c1-25-29-18-17-26(23-41(2,3)4)21-28(29)22-32-38-37-31(19-20-43-38)35(27-13-9-8-10-14-27)33(24-42(5,6)7)36-30-15-11-12-16-34(30)44(39(25)32)40(36)37/h8-22H,23-24H2,1-7H3. The van der Waals surface area contributed by atoms with Crippen molar-refractivity contribution in [1.29, 1.82) is 0 Å². The van der Waals surface area contributed by atoms with Gasteiger partial charge in [-0.3, -0.25) is 4.98 Å². The molecule has 44 heavy (non-hydrogen) atoms. The monoisotopic (exact) mass is 572 g/mol. The van der Waals surface area contributed by atoms with Gasteiger partial charge in [0.25, 0.3) is 0 Å². The number of aryl methyl sites for hydroxylation is 1. The van der Waals surface area contributed by atoms with Gasteiger partial charge in [-0.1, -0.05) is 108 Å². The lowest BCUT2D eigenvalue weighted by atomic mass is 9.80. The molecule has 3 aromatic heterocycles. The third-order valence-corrected chi connectivity index (χ3v) is 9.35. The van der Waals surface area contributed by atoms with Gasteiger partial charge >= 0.3 is 0 Å². The Morgan fingerprint density at radius 3 is 2.11 bits per heavy atom. The highest BCUT2D eigenvalue weighted by atomic mass is 14.9. The maximum absolute atomic E-state index is 5.19. The van der Waals surface area contributed by atoms with Gasteiger partial charge in [-0.05, 0) is 92.8 Å². The Balaban J connectivity index is 1.65. The molecule has 0 N–H and O–H groups in total. The topological polar surface area (TPSA) is 17.3 Å². The van der Waals surface area contributed by atoms with E-state index in [0.29, 0.717) is 0 Å². The predicted octanol–water partition coefficient (Wildman–Crippen LogP) is 11.7. The van der Waals surface area contributed by atoms with E-state index in [4.69, 9.17) is 4.98 Å². The summed E-state index contributed by atoms with van der Waals surface area (Å²) in [5.41, 5.74) is 12.1. The molecular weight excluding hydrogens is 532 g/mol. The SMILES string of the molecule is Cc1c2ccc(CC(C)(C)C)cc2cc2c3nccc4c(-c5ccccc5)c(CC(C)(C)C)c5c6ccccc6n(c12)c5c43. The summed E-state index contributed by atoms with van der Waals surface area (Å²) in [5, 5.41) is 9.11. The highest BCUT2D eigenvalue weighted by Gasteiger charge is 2.28. The Kier molecular flexibility index (Phi) is 5.73. The van der Waals surface area contributed by atoms with E-state index in [0.717, 1.165) is 18.4 Å². The second-order valence-electron chi connectivity index (χ2n) is 15.3. The average Bonchev–Trinajstić information content (AvgIpc) is 3.31. The van der Waals surface area contributed by atoms with Gasteiger partial charge in [-0.25, -0.2) is 0 Å². The van der Waals surface area contributed by atoms with E-state index in [1.54, 1.807) is 0 Å². The summed E-state index contributed by atoms with van der Waals surface area (Å²) in [6, 6.07) is 31.8. The molecule has 0 saturated carbocycles. The van der Waals surface area contributed by atoms with Gasteiger partial charge in [0.15, 0.2) is 0 Å². The highest BCUT2D eigenvalue weighted by molar-refractivity contribution is 6.32. The molecule has 0 aliphatic carbocycles. The van der Waals surface area contributed by atoms with Crippen LogP contribution in [-0.4, -0.2) is 9.38 Å². The van der Waals surface area contributed by atoms with Crippen LogP contribution in [-0.2, 0) is 12.8 Å². The molecule has 8 rings (SSSR count). The minimum absolute atomic E-state index is 0.113. The van der Waals surface area contributed by atoms with Crippen LogP contribution in [0.2, 0.25) is 0 Å². The van der Waals surface area contributed by atoms with E-state index in [-0.39, 0.29) is 10.8 Å². The number of rotatable bonds is 3. The van der Waals surface area contributed by atoms with Gasteiger partial charge in [-0.15, -0.1) is 0 Å². The van der Waals surface area contributed by atoms with Crippen LogP contribution in [0, 0.1) is 17.8 Å². The molecule has 218 valence electrons. The van der Waals surface area contributed by atoms with Crippen molar-refractivity contribution in [3.05, 3.63) is 108 Å².